The van der Waals surface area contributed by atoms with Crippen molar-refractivity contribution in [3.05, 3.63) is 170 Å². The normalized spacial score (nSPS) is 11.8. The van der Waals surface area contributed by atoms with Gasteiger partial charge >= 0.3 is 0 Å². The molecule has 10 rings (SSSR count). The van der Waals surface area contributed by atoms with Crippen LogP contribution in [0.2, 0.25) is 0 Å². The van der Waals surface area contributed by atoms with Gasteiger partial charge in [0, 0.05) is 44.0 Å². The average molecular weight is 601 g/mol. The minimum Gasteiger partial charge on any atom is -0.453 e. The summed E-state index contributed by atoms with van der Waals surface area (Å²) >= 11 is 0. The van der Waals surface area contributed by atoms with Gasteiger partial charge in [0.05, 0.1) is 16.6 Å². The fraction of sp³-hybridized carbons (Fsp3) is 0. The maximum atomic E-state index is 6.95. The smallest absolute Gasteiger partial charge is 0.161 e. The first-order valence-electron chi connectivity index (χ1n) is 16.0. The van der Waals surface area contributed by atoms with Crippen molar-refractivity contribution >= 4 is 54.8 Å². The van der Waals surface area contributed by atoms with Crippen LogP contribution in [0.5, 0.6) is 0 Å². The van der Waals surface area contributed by atoms with Crippen molar-refractivity contribution in [2.24, 2.45) is 0 Å². The number of hydrogen-bond donors (Lipinski definition) is 0. The molecule has 0 atom stereocenters. The number of aromatic nitrogens is 2. The molecule has 0 aliphatic heterocycles. The summed E-state index contributed by atoms with van der Waals surface area (Å²) in [6.45, 7) is 0. The summed E-state index contributed by atoms with van der Waals surface area (Å²) in [6.07, 6.45) is 0. The molecule has 0 spiro atoms. The summed E-state index contributed by atoms with van der Waals surface area (Å²) in [5.74, 6) is 0. The van der Waals surface area contributed by atoms with Crippen LogP contribution in [0, 0.1) is 0 Å². The molecule has 0 saturated carbocycles. The second-order valence-corrected chi connectivity index (χ2v) is 12.1. The summed E-state index contributed by atoms with van der Waals surface area (Å²) in [5.41, 5.74) is 13.3. The zero-order chi connectivity index (χ0) is 30.9. The number of nitrogens with zero attached hydrogens (tertiary/aromatic N) is 2. The number of benzene rings is 7. The minimum absolute atomic E-state index is 0.899. The molecule has 0 radical (unpaired) electrons. The number of para-hydroxylation sites is 6. The van der Waals surface area contributed by atoms with E-state index < -0.39 is 0 Å². The monoisotopic (exact) mass is 600 g/mol. The molecule has 7 aromatic carbocycles. The Morgan fingerprint density at radius 3 is 1.47 bits per heavy atom. The Labute approximate surface area is 271 Å². The Balaban J connectivity index is 1.28. The van der Waals surface area contributed by atoms with Crippen LogP contribution in [0.4, 0.5) is 0 Å². The van der Waals surface area contributed by atoms with Crippen molar-refractivity contribution in [2.45, 2.75) is 0 Å². The standard InChI is InChI=1S/C44H28N2O/c1-3-15-29(16-4-1)45-39-27-11-9-21-33(39)35-24-13-23-34(41(35)45)31-19-7-8-20-32(31)36-25-14-26-38-42-44(47-43(36)38)37-22-10-12-28-40(37)46(42)30-17-5-2-6-18-30/h1-28H. The largest absolute Gasteiger partial charge is 0.453 e. The summed E-state index contributed by atoms with van der Waals surface area (Å²) in [5, 5.41) is 4.69. The van der Waals surface area contributed by atoms with Gasteiger partial charge in [-0.1, -0.05) is 121 Å². The van der Waals surface area contributed by atoms with Gasteiger partial charge in [-0.05, 0) is 59.7 Å². The van der Waals surface area contributed by atoms with E-state index in [1.54, 1.807) is 0 Å². The van der Waals surface area contributed by atoms with Crippen molar-refractivity contribution in [1.29, 1.82) is 0 Å². The molecular weight excluding hydrogens is 572 g/mol. The molecule has 0 aliphatic rings. The number of furan rings is 1. The van der Waals surface area contributed by atoms with Crippen LogP contribution in [0.3, 0.4) is 0 Å². The van der Waals surface area contributed by atoms with Gasteiger partial charge in [-0.15, -0.1) is 0 Å². The second-order valence-electron chi connectivity index (χ2n) is 12.1. The fourth-order valence-electron chi connectivity index (χ4n) is 7.58. The van der Waals surface area contributed by atoms with E-state index in [-0.39, 0.29) is 0 Å². The van der Waals surface area contributed by atoms with Crippen LogP contribution in [0.1, 0.15) is 0 Å². The van der Waals surface area contributed by atoms with Gasteiger partial charge in [0.2, 0.25) is 0 Å². The Hall–Kier alpha value is -6.32. The fourth-order valence-corrected chi connectivity index (χ4v) is 7.58. The van der Waals surface area contributed by atoms with Crippen LogP contribution in [0.15, 0.2) is 174 Å². The van der Waals surface area contributed by atoms with Crippen molar-refractivity contribution in [1.82, 2.24) is 9.13 Å². The van der Waals surface area contributed by atoms with Gasteiger partial charge in [-0.2, -0.15) is 0 Å². The first kappa shape index (κ1) is 26.0. The molecule has 0 saturated heterocycles. The molecule has 3 heteroatoms. The maximum Gasteiger partial charge on any atom is 0.161 e. The first-order chi connectivity index (χ1) is 23.4. The third kappa shape index (κ3) is 3.74. The molecule has 0 N–H and O–H groups in total. The van der Waals surface area contributed by atoms with Gasteiger partial charge in [0.1, 0.15) is 11.1 Å². The number of fused-ring (bicyclic) bond motifs is 8. The zero-order valence-corrected chi connectivity index (χ0v) is 25.5. The summed E-state index contributed by atoms with van der Waals surface area (Å²) in [4.78, 5) is 0. The van der Waals surface area contributed by atoms with Gasteiger partial charge in [-0.25, -0.2) is 0 Å². The summed E-state index contributed by atoms with van der Waals surface area (Å²) in [6, 6.07) is 60.5. The second kappa shape index (κ2) is 10.1. The molecular formula is C44H28N2O. The molecule has 0 aliphatic carbocycles. The summed E-state index contributed by atoms with van der Waals surface area (Å²) in [7, 11) is 0. The molecule has 47 heavy (non-hydrogen) atoms. The zero-order valence-electron chi connectivity index (χ0n) is 25.5. The van der Waals surface area contributed by atoms with Gasteiger partial charge in [-0.3, -0.25) is 0 Å². The average Bonchev–Trinajstić information content (AvgIpc) is 3.80. The summed E-state index contributed by atoms with van der Waals surface area (Å²) < 4.78 is 11.7. The predicted octanol–water partition coefficient (Wildman–Crippen LogP) is 12.0. The molecule has 0 bridgehead atoms. The maximum absolute atomic E-state index is 6.95. The molecule has 3 nitrogen and oxygen atoms in total. The van der Waals surface area contributed by atoms with E-state index in [0.717, 1.165) is 55.5 Å². The SMILES string of the molecule is c1ccc(-n2c3ccccc3c3cccc(-c4ccccc4-c4cccc5c4oc4c6ccccc6n(-c6ccccc6)c54)c32)cc1. The van der Waals surface area contributed by atoms with E-state index in [2.05, 4.69) is 179 Å². The molecule has 10 aromatic rings. The van der Waals surface area contributed by atoms with E-state index >= 15 is 0 Å². The number of hydrogen-bond acceptors (Lipinski definition) is 1. The lowest BCUT2D eigenvalue weighted by Crippen LogP contribution is -1.96. The Morgan fingerprint density at radius 2 is 0.766 bits per heavy atom. The van der Waals surface area contributed by atoms with Crippen LogP contribution < -0.4 is 0 Å². The highest BCUT2D eigenvalue weighted by Gasteiger charge is 2.23. The van der Waals surface area contributed by atoms with Crippen molar-refractivity contribution in [3.63, 3.8) is 0 Å². The Bertz CT molecular complexity index is 2780. The third-order valence-corrected chi connectivity index (χ3v) is 9.53. The quantitative estimate of drug-likeness (QED) is 0.197. The van der Waals surface area contributed by atoms with Crippen LogP contribution >= 0.6 is 0 Å². The van der Waals surface area contributed by atoms with Crippen molar-refractivity contribution in [3.8, 4) is 33.6 Å². The Morgan fingerprint density at radius 1 is 0.298 bits per heavy atom. The molecule has 0 amide bonds. The topological polar surface area (TPSA) is 23.0 Å². The lowest BCUT2D eigenvalue weighted by molar-refractivity contribution is 0.674. The van der Waals surface area contributed by atoms with E-state index in [0.29, 0.717) is 0 Å². The Kier molecular flexibility index (Phi) is 5.57. The van der Waals surface area contributed by atoms with Crippen LogP contribution in [0.25, 0.3) is 88.4 Å². The lowest BCUT2D eigenvalue weighted by Gasteiger charge is -2.15. The first-order valence-corrected chi connectivity index (χ1v) is 16.0. The molecule has 220 valence electrons. The lowest BCUT2D eigenvalue weighted by atomic mass is 9.92. The molecule has 0 fully saturated rings. The van der Waals surface area contributed by atoms with E-state index in [9.17, 15) is 0 Å². The van der Waals surface area contributed by atoms with Gasteiger partial charge < -0.3 is 13.6 Å². The van der Waals surface area contributed by atoms with Crippen LogP contribution in [-0.4, -0.2) is 9.13 Å². The van der Waals surface area contributed by atoms with Crippen molar-refractivity contribution in [2.75, 3.05) is 0 Å². The highest BCUT2D eigenvalue weighted by Crippen LogP contribution is 2.45. The highest BCUT2D eigenvalue weighted by molar-refractivity contribution is 6.19. The van der Waals surface area contributed by atoms with Gasteiger partial charge in [0.25, 0.3) is 0 Å². The molecule has 3 heterocycles. The highest BCUT2D eigenvalue weighted by atomic mass is 16.3. The third-order valence-electron chi connectivity index (χ3n) is 9.53. The van der Waals surface area contributed by atoms with E-state index in [1.807, 2.05) is 0 Å². The van der Waals surface area contributed by atoms with E-state index in [1.165, 1.54) is 32.9 Å². The predicted molar refractivity (Wildman–Crippen MR) is 196 cm³/mol. The van der Waals surface area contributed by atoms with Crippen LogP contribution in [-0.2, 0) is 0 Å². The minimum atomic E-state index is 0.899. The van der Waals surface area contributed by atoms with E-state index in [4.69, 9.17) is 4.42 Å². The molecule has 0 unspecified atom stereocenters. The van der Waals surface area contributed by atoms with Crippen molar-refractivity contribution < 1.29 is 4.42 Å². The van der Waals surface area contributed by atoms with Gasteiger partial charge in [0.15, 0.2) is 5.58 Å². The number of rotatable bonds is 4. The molecule has 3 aromatic heterocycles.